The molecule has 1 saturated carbocycles. The van der Waals surface area contributed by atoms with Gasteiger partial charge < -0.3 is 10.2 Å². The highest BCUT2D eigenvalue weighted by molar-refractivity contribution is 7.15. The van der Waals surface area contributed by atoms with Crippen LogP contribution in [-0.4, -0.2) is 24.1 Å². The van der Waals surface area contributed by atoms with Crippen LogP contribution in [0.5, 0.6) is 0 Å². The van der Waals surface area contributed by atoms with Crippen molar-refractivity contribution < 1.29 is 0 Å². The molecule has 1 aromatic heterocycles. The minimum Gasteiger partial charge on any atom is -0.345 e. The lowest BCUT2D eigenvalue weighted by Gasteiger charge is -2.28. The number of rotatable bonds is 6. The van der Waals surface area contributed by atoms with E-state index in [0.717, 1.165) is 19.0 Å². The molecule has 1 N–H and O–H groups in total. The lowest BCUT2D eigenvalue weighted by Crippen LogP contribution is -2.34. The second-order valence-corrected chi connectivity index (χ2v) is 7.53. The zero-order valence-corrected chi connectivity index (χ0v) is 14.3. The molecule has 1 aliphatic carbocycles. The van der Waals surface area contributed by atoms with Crippen LogP contribution < -0.4 is 10.2 Å². The van der Waals surface area contributed by atoms with Crippen LogP contribution in [0.15, 0.2) is 0 Å². The van der Waals surface area contributed by atoms with Crippen molar-refractivity contribution in [2.24, 2.45) is 0 Å². The van der Waals surface area contributed by atoms with E-state index in [2.05, 4.69) is 24.1 Å². The monoisotopic (exact) mass is 307 g/mol. The number of hydrogen-bond donors (Lipinski definition) is 1. The van der Waals surface area contributed by atoms with E-state index < -0.39 is 0 Å². The van der Waals surface area contributed by atoms with Crippen LogP contribution in [0.2, 0.25) is 0 Å². The number of aromatic nitrogens is 1. The van der Waals surface area contributed by atoms with Gasteiger partial charge in [0.25, 0.3) is 0 Å². The van der Waals surface area contributed by atoms with Crippen molar-refractivity contribution in [1.82, 2.24) is 10.3 Å². The van der Waals surface area contributed by atoms with E-state index in [-0.39, 0.29) is 0 Å². The van der Waals surface area contributed by atoms with Crippen LogP contribution >= 0.6 is 11.3 Å². The van der Waals surface area contributed by atoms with E-state index in [1.807, 2.05) is 11.3 Å². The van der Waals surface area contributed by atoms with E-state index in [1.54, 1.807) is 0 Å². The molecule has 2 heterocycles. The van der Waals surface area contributed by atoms with Gasteiger partial charge in [0.05, 0.1) is 5.69 Å². The summed E-state index contributed by atoms with van der Waals surface area (Å²) in [6.45, 7) is 7.76. The summed E-state index contributed by atoms with van der Waals surface area (Å²) in [5.41, 5.74) is 1.41. The van der Waals surface area contributed by atoms with E-state index in [4.69, 9.17) is 4.98 Å². The fourth-order valence-corrected chi connectivity index (χ4v) is 4.58. The van der Waals surface area contributed by atoms with Crippen LogP contribution in [0.1, 0.15) is 75.3 Å². The molecular formula is C17H29N3S. The fourth-order valence-electron chi connectivity index (χ4n) is 3.37. The molecule has 1 aromatic rings. The van der Waals surface area contributed by atoms with Gasteiger partial charge >= 0.3 is 0 Å². The van der Waals surface area contributed by atoms with Crippen molar-refractivity contribution in [3.05, 3.63) is 10.6 Å². The van der Waals surface area contributed by atoms with Gasteiger partial charge in [-0.25, -0.2) is 4.98 Å². The van der Waals surface area contributed by atoms with Gasteiger partial charge in [-0.1, -0.05) is 26.7 Å². The van der Waals surface area contributed by atoms with Crippen molar-refractivity contribution >= 4 is 16.5 Å². The zero-order chi connectivity index (χ0) is 14.7. The van der Waals surface area contributed by atoms with Crippen molar-refractivity contribution in [1.29, 1.82) is 0 Å². The van der Waals surface area contributed by atoms with E-state index >= 15 is 0 Å². The van der Waals surface area contributed by atoms with Gasteiger partial charge in [-0.15, -0.1) is 11.3 Å². The number of nitrogens with one attached hydrogen (secondary N) is 1. The molecule has 2 aliphatic rings. The van der Waals surface area contributed by atoms with Crippen LogP contribution in [0.4, 0.5) is 5.13 Å². The Hall–Kier alpha value is -0.610. The maximum atomic E-state index is 5.09. The van der Waals surface area contributed by atoms with Gasteiger partial charge in [-0.2, -0.15) is 0 Å². The summed E-state index contributed by atoms with van der Waals surface area (Å²) < 4.78 is 0. The Labute approximate surface area is 133 Å². The first-order valence-electron chi connectivity index (χ1n) is 8.80. The average molecular weight is 308 g/mol. The summed E-state index contributed by atoms with van der Waals surface area (Å²) in [4.78, 5) is 9.21. The average Bonchev–Trinajstić information content (AvgIpc) is 3.30. The Morgan fingerprint density at radius 1 is 1.19 bits per heavy atom. The van der Waals surface area contributed by atoms with Gasteiger partial charge in [0, 0.05) is 29.9 Å². The predicted molar refractivity (Wildman–Crippen MR) is 91.4 cm³/mol. The Morgan fingerprint density at radius 2 is 2.05 bits per heavy atom. The highest BCUT2D eigenvalue weighted by Crippen LogP contribution is 2.44. The van der Waals surface area contributed by atoms with Gasteiger partial charge in [0.1, 0.15) is 0 Å². The maximum absolute atomic E-state index is 5.09. The van der Waals surface area contributed by atoms with E-state index in [9.17, 15) is 0 Å². The van der Waals surface area contributed by atoms with Gasteiger partial charge in [-0.05, 0) is 38.6 Å². The fraction of sp³-hybridized carbons (Fsp3) is 0.824. The lowest BCUT2D eigenvalue weighted by molar-refractivity contribution is 0.555. The quantitative estimate of drug-likeness (QED) is 0.850. The first-order chi connectivity index (χ1) is 10.3. The Balaban J connectivity index is 1.82. The number of thiazole rings is 1. The summed E-state index contributed by atoms with van der Waals surface area (Å²) >= 11 is 1.95. The molecule has 1 aliphatic heterocycles. The predicted octanol–water partition coefficient (Wildman–Crippen LogP) is 4.29. The molecule has 1 unspecified atom stereocenters. The Morgan fingerprint density at radius 3 is 2.76 bits per heavy atom. The summed E-state index contributed by atoms with van der Waals surface area (Å²) in [5.74, 6) is 0.760. The summed E-state index contributed by atoms with van der Waals surface area (Å²) in [6.07, 6.45) is 9.40. The topological polar surface area (TPSA) is 28.2 Å². The van der Waals surface area contributed by atoms with Gasteiger partial charge in [-0.3, -0.25) is 0 Å². The van der Waals surface area contributed by atoms with Crippen LogP contribution in [-0.2, 0) is 6.54 Å². The standard InChI is InChI=1S/C17H29N3S/c1-3-14-8-6-5-7-11-20(14)17-19-16(13-9-10-13)15(21-17)12-18-4-2/h13-14,18H,3-12H2,1-2H3. The van der Waals surface area contributed by atoms with Crippen molar-refractivity contribution in [3.8, 4) is 0 Å². The molecule has 118 valence electrons. The Kier molecular flexibility index (Phi) is 5.17. The minimum atomic E-state index is 0.706. The summed E-state index contributed by atoms with van der Waals surface area (Å²) in [5, 5.41) is 4.80. The normalized spacial score (nSPS) is 23.3. The third kappa shape index (κ3) is 3.59. The zero-order valence-electron chi connectivity index (χ0n) is 13.5. The largest absolute Gasteiger partial charge is 0.345 e. The molecule has 1 atom stereocenters. The minimum absolute atomic E-state index is 0.706. The third-order valence-electron chi connectivity index (χ3n) is 4.81. The smallest absolute Gasteiger partial charge is 0.186 e. The molecule has 3 nitrogen and oxygen atoms in total. The van der Waals surface area contributed by atoms with Gasteiger partial charge in [0.2, 0.25) is 0 Å². The molecule has 0 spiro atoms. The summed E-state index contributed by atoms with van der Waals surface area (Å²) in [6, 6.07) is 0.706. The molecular weight excluding hydrogens is 278 g/mol. The highest BCUT2D eigenvalue weighted by Gasteiger charge is 2.31. The van der Waals surface area contributed by atoms with Crippen LogP contribution in [0.3, 0.4) is 0 Å². The second-order valence-electron chi connectivity index (χ2n) is 6.46. The van der Waals surface area contributed by atoms with Crippen molar-refractivity contribution in [2.75, 3.05) is 18.0 Å². The molecule has 0 amide bonds. The van der Waals surface area contributed by atoms with Crippen LogP contribution in [0, 0.1) is 0 Å². The number of hydrogen-bond acceptors (Lipinski definition) is 4. The molecule has 0 bridgehead atoms. The number of anilines is 1. The van der Waals surface area contributed by atoms with E-state index in [0.29, 0.717) is 6.04 Å². The van der Waals surface area contributed by atoms with Crippen molar-refractivity contribution in [2.45, 2.75) is 77.3 Å². The molecule has 4 heteroatoms. The first kappa shape index (κ1) is 15.3. The Bertz CT molecular complexity index is 453. The molecule has 3 rings (SSSR count). The maximum Gasteiger partial charge on any atom is 0.186 e. The second kappa shape index (κ2) is 7.10. The SMILES string of the molecule is CCNCc1sc(N2CCCCCC2CC)nc1C1CC1. The molecule has 0 aromatic carbocycles. The molecule has 21 heavy (non-hydrogen) atoms. The van der Waals surface area contributed by atoms with Crippen molar-refractivity contribution in [3.63, 3.8) is 0 Å². The summed E-state index contributed by atoms with van der Waals surface area (Å²) in [7, 11) is 0. The third-order valence-corrected chi connectivity index (χ3v) is 5.92. The molecule has 1 saturated heterocycles. The number of nitrogens with zero attached hydrogens (tertiary/aromatic N) is 2. The first-order valence-corrected chi connectivity index (χ1v) is 9.62. The lowest BCUT2D eigenvalue weighted by atomic mass is 10.1. The highest BCUT2D eigenvalue weighted by atomic mass is 32.1. The van der Waals surface area contributed by atoms with Gasteiger partial charge in [0.15, 0.2) is 5.13 Å². The van der Waals surface area contributed by atoms with Crippen LogP contribution in [0.25, 0.3) is 0 Å². The van der Waals surface area contributed by atoms with E-state index in [1.165, 1.54) is 67.2 Å². The molecule has 0 radical (unpaired) electrons. The molecule has 2 fully saturated rings.